The van der Waals surface area contributed by atoms with Crippen LogP contribution in [0.1, 0.15) is 0 Å². The maximum Gasteiger partial charge on any atom is 0.276 e. The highest BCUT2D eigenvalue weighted by atomic mass is 32.1. The molecule has 2 heterocycles. The molecule has 6 nitrogen and oxygen atoms in total. The van der Waals surface area contributed by atoms with Gasteiger partial charge in [0.1, 0.15) is 11.4 Å². The third-order valence-electron chi connectivity index (χ3n) is 1.67. The van der Waals surface area contributed by atoms with Gasteiger partial charge in [-0.15, -0.1) is 0 Å². The molecule has 2 aromatic heterocycles. The van der Waals surface area contributed by atoms with Crippen LogP contribution in [0.2, 0.25) is 0 Å². The fourth-order valence-corrected chi connectivity index (χ4v) is 1.47. The molecule has 0 spiro atoms. The summed E-state index contributed by atoms with van der Waals surface area (Å²) in [6.45, 7) is 0. The summed E-state index contributed by atoms with van der Waals surface area (Å²) in [6.07, 6.45) is 0. The molecular weight excluding hydrogens is 202 g/mol. The maximum atomic E-state index is 11.2. The van der Waals surface area contributed by atoms with E-state index in [1.807, 2.05) is 0 Å². The molecule has 0 unspecified atom stereocenters. The Morgan fingerprint density at radius 2 is 2.21 bits per heavy atom. The molecule has 0 aromatic carbocycles. The van der Waals surface area contributed by atoms with Gasteiger partial charge in [-0.25, -0.2) is 4.98 Å². The van der Waals surface area contributed by atoms with Gasteiger partial charge < -0.3 is 16.5 Å². The molecule has 0 fully saturated rings. The molecule has 0 aliphatic heterocycles. The molecular formula is C7H7N5OS. The average molecular weight is 209 g/mol. The molecule has 0 atom stereocenters. The number of nitrogen functional groups attached to an aromatic ring is 2. The largest absolute Gasteiger partial charge is 0.391 e. The fraction of sp³-hybridized carbons (Fsp3) is 0. The Morgan fingerprint density at radius 3 is 2.79 bits per heavy atom. The SMILES string of the molecule is Nc1nc(-c2ccsn2)[nH]c(=O)c1N. The van der Waals surface area contributed by atoms with Crippen LogP contribution in [0.15, 0.2) is 16.2 Å². The number of rotatable bonds is 1. The van der Waals surface area contributed by atoms with Crippen molar-refractivity contribution in [1.29, 1.82) is 0 Å². The van der Waals surface area contributed by atoms with Crippen LogP contribution in [-0.2, 0) is 0 Å². The number of nitrogens with zero attached hydrogens (tertiary/aromatic N) is 2. The lowest BCUT2D eigenvalue weighted by Gasteiger charge is -2.00. The van der Waals surface area contributed by atoms with E-state index >= 15 is 0 Å². The van der Waals surface area contributed by atoms with E-state index in [4.69, 9.17) is 11.5 Å². The minimum absolute atomic E-state index is 0.0248. The first-order chi connectivity index (χ1) is 6.68. The summed E-state index contributed by atoms with van der Waals surface area (Å²) in [5, 5.41) is 1.78. The molecule has 0 saturated carbocycles. The number of aromatic nitrogens is 3. The number of hydrogen-bond donors (Lipinski definition) is 3. The second-order valence-electron chi connectivity index (χ2n) is 2.60. The van der Waals surface area contributed by atoms with E-state index in [9.17, 15) is 4.79 Å². The Balaban J connectivity index is 2.63. The molecule has 0 aliphatic rings. The molecule has 0 amide bonds. The van der Waals surface area contributed by atoms with Crippen LogP contribution in [0.4, 0.5) is 11.5 Å². The second kappa shape index (κ2) is 3.11. The average Bonchev–Trinajstić information content (AvgIpc) is 2.66. The molecule has 0 radical (unpaired) electrons. The Hall–Kier alpha value is -1.89. The van der Waals surface area contributed by atoms with E-state index in [1.165, 1.54) is 11.5 Å². The Morgan fingerprint density at radius 1 is 1.43 bits per heavy atom. The topological polar surface area (TPSA) is 111 Å². The Kier molecular flexibility index (Phi) is 1.93. The lowest BCUT2D eigenvalue weighted by Crippen LogP contribution is -2.17. The highest BCUT2D eigenvalue weighted by Gasteiger charge is 2.07. The number of anilines is 2. The molecule has 0 saturated heterocycles. The number of hydrogen-bond acceptors (Lipinski definition) is 6. The Bertz CT molecular complexity index is 503. The van der Waals surface area contributed by atoms with Crippen LogP contribution in [0.5, 0.6) is 0 Å². The molecule has 14 heavy (non-hydrogen) atoms. The van der Waals surface area contributed by atoms with Gasteiger partial charge >= 0.3 is 0 Å². The summed E-state index contributed by atoms with van der Waals surface area (Å²) >= 11 is 1.27. The van der Waals surface area contributed by atoms with Crippen molar-refractivity contribution in [3.05, 3.63) is 21.8 Å². The van der Waals surface area contributed by atoms with Crippen molar-refractivity contribution in [1.82, 2.24) is 14.3 Å². The van der Waals surface area contributed by atoms with Gasteiger partial charge in [0, 0.05) is 5.38 Å². The molecule has 2 aromatic rings. The van der Waals surface area contributed by atoms with E-state index in [1.54, 1.807) is 11.4 Å². The van der Waals surface area contributed by atoms with Crippen molar-refractivity contribution >= 4 is 23.0 Å². The number of nitrogens with two attached hydrogens (primary N) is 2. The maximum absolute atomic E-state index is 11.2. The summed E-state index contributed by atoms with van der Waals surface area (Å²) < 4.78 is 4.01. The van der Waals surface area contributed by atoms with E-state index in [0.29, 0.717) is 11.5 Å². The quantitative estimate of drug-likeness (QED) is 0.615. The van der Waals surface area contributed by atoms with Crippen LogP contribution in [-0.4, -0.2) is 14.3 Å². The van der Waals surface area contributed by atoms with Crippen molar-refractivity contribution in [2.45, 2.75) is 0 Å². The summed E-state index contributed by atoms with van der Waals surface area (Å²) in [7, 11) is 0. The third-order valence-corrected chi connectivity index (χ3v) is 2.23. The normalized spacial score (nSPS) is 10.3. The zero-order valence-corrected chi connectivity index (χ0v) is 7.84. The van der Waals surface area contributed by atoms with Crippen LogP contribution < -0.4 is 17.0 Å². The zero-order chi connectivity index (χ0) is 10.1. The smallest absolute Gasteiger partial charge is 0.276 e. The predicted octanol–water partition coefficient (Wildman–Crippen LogP) is 0.0578. The van der Waals surface area contributed by atoms with E-state index in [0.717, 1.165) is 0 Å². The van der Waals surface area contributed by atoms with Gasteiger partial charge in [0.25, 0.3) is 5.56 Å². The number of nitrogens with one attached hydrogen (secondary N) is 1. The second-order valence-corrected chi connectivity index (χ2v) is 3.26. The first-order valence-corrected chi connectivity index (χ1v) is 4.58. The van der Waals surface area contributed by atoms with Crippen LogP contribution in [0.25, 0.3) is 11.5 Å². The third kappa shape index (κ3) is 1.33. The predicted molar refractivity (Wildman–Crippen MR) is 54.8 cm³/mol. The van der Waals surface area contributed by atoms with Crippen LogP contribution in [0.3, 0.4) is 0 Å². The molecule has 5 N–H and O–H groups in total. The monoisotopic (exact) mass is 209 g/mol. The molecule has 2 rings (SSSR count). The highest BCUT2D eigenvalue weighted by Crippen LogP contribution is 2.15. The number of H-pyrrole nitrogens is 1. The van der Waals surface area contributed by atoms with Crippen molar-refractivity contribution in [2.75, 3.05) is 11.5 Å². The van der Waals surface area contributed by atoms with Crippen molar-refractivity contribution < 1.29 is 0 Å². The van der Waals surface area contributed by atoms with E-state index < -0.39 is 5.56 Å². The minimum atomic E-state index is -0.444. The molecule has 7 heteroatoms. The molecule has 0 aliphatic carbocycles. The van der Waals surface area contributed by atoms with Gasteiger partial charge in [0.15, 0.2) is 11.6 Å². The van der Waals surface area contributed by atoms with Gasteiger partial charge in [0.05, 0.1) is 0 Å². The minimum Gasteiger partial charge on any atom is -0.391 e. The van der Waals surface area contributed by atoms with Gasteiger partial charge in [-0.05, 0) is 17.6 Å². The van der Waals surface area contributed by atoms with E-state index in [2.05, 4.69) is 14.3 Å². The summed E-state index contributed by atoms with van der Waals surface area (Å²) in [5.41, 5.74) is 10.9. The molecule has 0 bridgehead atoms. The number of aromatic amines is 1. The zero-order valence-electron chi connectivity index (χ0n) is 7.02. The van der Waals surface area contributed by atoms with Crippen LogP contribution >= 0.6 is 11.5 Å². The highest BCUT2D eigenvalue weighted by molar-refractivity contribution is 7.03. The lowest BCUT2D eigenvalue weighted by molar-refractivity contribution is 1.13. The van der Waals surface area contributed by atoms with E-state index in [-0.39, 0.29) is 11.5 Å². The first-order valence-electron chi connectivity index (χ1n) is 3.74. The summed E-state index contributed by atoms with van der Waals surface area (Å²) in [5.74, 6) is 0.361. The van der Waals surface area contributed by atoms with Gasteiger partial charge in [-0.2, -0.15) is 4.37 Å². The standard InChI is InChI=1S/C7H7N5OS/c8-4-5(9)10-6(11-7(4)13)3-1-2-14-12-3/h1-2H,8H2,(H3,9,10,11,13). The molecule has 72 valence electrons. The summed E-state index contributed by atoms with van der Waals surface area (Å²) in [6, 6.07) is 1.73. The lowest BCUT2D eigenvalue weighted by atomic mass is 10.4. The van der Waals surface area contributed by atoms with Crippen LogP contribution in [0, 0.1) is 0 Å². The van der Waals surface area contributed by atoms with Gasteiger partial charge in [0.2, 0.25) is 0 Å². The van der Waals surface area contributed by atoms with Crippen molar-refractivity contribution in [2.24, 2.45) is 0 Å². The van der Waals surface area contributed by atoms with Gasteiger partial charge in [-0.3, -0.25) is 4.79 Å². The summed E-state index contributed by atoms with van der Waals surface area (Å²) in [4.78, 5) is 17.6. The van der Waals surface area contributed by atoms with Crippen molar-refractivity contribution in [3.8, 4) is 11.5 Å². The first kappa shape index (κ1) is 8.70. The Labute approximate surface area is 82.8 Å². The van der Waals surface area contributed by atoms with Crippen molar-refractivity contribution in [3.63, 3.8) is 0 Å². The van der Waals surface area contributed by atoms with Gasteiger partial charge in [-0.1, -0.05) is 0 Å². The fourth-order valence-electron chi connectivity index (χ4n) is 0.956.